The zero-order chi connectivity index (χ0) is 16.1. The van der Waals surface area contributed by atoms with Gasteiger partial charge in [0, 0.05) is 11.1 Å². The zero-order valence-corrected chi connectivity index (χ0v) is 13.4. The quantitative estimate of drug-likeness (QED) is 0.733. The minimum atomic E-state index is -1.11. The number of benzene rings is 2. The number of hydrogen-bond donors (Lipinski definition) is 0. The third kappa shape index (κ3) is 1.94. The third-order valence-electron chi connectivity index (χ3n) is 4.63. The summed E-state index contributed by atoms with van der Waals surface area (Å²) in [7, 11) is 0. The van der Waals surface area contributed by atoms with Gasteiger partial charge in [0.05, 0.1) is 0 Å². The molecule has 2 heteroatoms. The molecule has 0 spiro atoms. The Balaban J connectivity index is 2.17. The molecule has 0 heterocycles. The topological polar surface area (TPSA) is 34.1 Å². The van der Waals surface area contributed by atoms with E-state index in [2.05, 4.69) is 20.8 Å². The molecular formula is C20H20O2. The van der Waals surface area contributed by atoms with Crippen molar-refractivity contribution >= 4 is 11.6 Å². The van der Waals surface area contributed by atoms with Crippen LogP contribution in [-0.2, 0) is 10.8 Å². The summed E-state index contributed by atoms with van der Waals surface area (Å²) in [6.07, 6.45) is 0. The van der Waals surface area contributed by atoms with E-state index in [1.807, 2.05) is 24.3 Å². The van der Waals surface area contributed by atoms with Crippen molar-refractivity contribution in [3.05, 3.63) is 70.8 Å². The van der Waals surface area contributed by atoms with Crippen molar-refractivity contribution in [2.24, 2.45) is 0 Å². The summed E-state index contributed by atoms with van der Waals surface area (Å²) in [5.41, 5.74) is 1.86. The van der Waals surface area contributed by atoms with Crippen LogP contribution in [-0.4, -0.2) is 11.6 Å². The summed E-state index contributed by atoms with van der Waals surface area (Å²) in [6, 6.07) is 15.0. The van der Waals surface area contributed by atoms with E-state index in [0.717, 1.165) is 11.1 Å². The van der Waals surface area contributed by atoms with Gasteiger partial charge in [-0.05, 0) is 23.5 Å². The van der Waals surface area contributed by atoms with Gasteiger partial charge in [0.2, 0.25) is 0 Å². The summed E-state index contributed by atoms with van der Waals surface area (Å²) >= 11 is 0. The largest absolute Gasteiger partial charge is 0.293 e. The molecule has 0 radical (unpaired) electrons. The molecule has 22 heavy (non-hydrogen) atoms. The molecule has 2 aromatic rings. The van der Waals surface area contributed by atoms with Crippen LogP contribution in [0.4, 0.5) is 0 Å². The third-order valence-corrected chi connectivity index (χ3v) is 4.63. The van der Waals surface area contributed by atoms with E-state index in [0.29, 0.717) is 11.1 Å². The highest BCUT2D eigenvalue weighted by atomic mass is 16.2. The lowest BCUT2D eigenvalue weighted by Gasteiger charge is -2.25. The molecule has 2 aromatic carbocycles. The van der Waals surface area contributed by atoms with Crippen LogP contribution in [0.5, 0.6) is 0 Å². The van der Waals surface area contributed by atoms with Gasteiger partial charge in [-0.3, -0.25) is 9.59 Å². The van der Waals surface area contributed by atoms with Gasteiger partial charge in [-0.25, -0.2) is 0 Å². The predicted octanol–water partition coefficient (Wildman–Crippen LogP) is 4.32. The fraction of sp³-hybridized carbons (Fsp3) is 0.300. The Bertz CT molecular complexity index is 743. The molecule has 112 valence electrons. The van der Waals surface area contributed by atoms with Crippen LogP contribution in [0.15, 0.2) is 48.5 Å². The highest BCUT2D eigenvalue weighted by Crippen LogP contribution is 2.40. The Kier molecular flexibility index (Phi) is 3.10. The van der Waals surface area contributed by atoms with Gasteiger partial charge in [0.25, 0.3) is 0 Å². The summed E-state index contributed by atoms with van der Waals surface area (Å²) in [4.78, 5) is 25.7. The number of rotatable bonds is 1. The Hall–Kier alpha value is -2.22. The van der Waals surface area contributed by atoms with Crippen LogP contribution >= 0.6 is 0 Å². The fourth-order valence-electron chi connectivity index (χ4n) is 3.08. The molecule has 0 atom stereocenters. The second-order valence-electron chi connectivity index (χ2n) is 7.16. The Morgan fingerprint density at radius 3 is 1.86 bits per heavy atom. The molecule has 3 rings (SSSR count). The minimum Gasteiger partial charge on any atom is -0.293 e. The predicted molar refractivity (Wildman–Crippen MR) is 87.6 cm³/mol. The first kappa shape index (κ1) is 14.7. The van der Waals surface area contributed by atoms with Crippen molar-refractivity contribution in [1.29, 1.82) is 0 Å². The smallest absolute Gasteiger partial charge is 0.181 e. The average molecular weight is 292 g/mol. The van der Waals surface area contributed by atoms with Gasteiger partial charge in [-0.1, -0.05) is 69.3 Å². The van der Waals surface area contributed by atoms with E-state index in [9.17, 15) is 9.59 Å². The molecule has 1 aliphatic carbocycles. The molecule has 0 N–H and O–H groups in total. The van der Waals surface area contributed by atoms with E-state index < -0.39 is 5.41 Å². The highest BCUT2D eigenvalue weighted by molar-refractivity contribution is 6.32. The lowest BCUT2D eigenvalue weighted by atomic mass is 9.75. The molecule has 0 bridgehead atoms. The molecule has 2 nitrogen and oxygen atoms in total. The van der Waals surface area contributed by atoms with Gasteiger partial charge < -0.3 is 0 Å². The number of fused-ring (bicyclic) bond motifs is 1. The Morgan fingerprint density at radius 1 is 0.818 bits per heavy atom. The van der Waals surface area contributed by atoms with Crippen LogP contribution in [0.3, 0.4) is 0 Å². The molecule has 0 aromatic heterocycles. The van der Waals surface area contributed by atoms with E-state index in [1.165, 1.54) is 0 Å². The number of carbonyl (C=O) groups excluding carboxylic acids is 2. The molecule has 0 fully saturated rings. The minimum absolute atomic E-state index is 0.0239. The Morgan fingerprint density at radius 2 is 1.36 bits per heavy atom. The first-order valence-corrected chi connectivity index (χ1v) is 7.56. The number of ketones is 2. The summed E-state index contributed by atoms with van der Waals surface area (Å²) in [6.45, 7) is 8.13. The van der Waals surface area contributed by atoms with Crippen molar-refractivity contribution < 1.29 is 9.59 Å². The maximum Gasteiger partial charge on any atom is 0.181 e. The van der Waals surface area contributed by atoms with Crippen molar-refractivity contribution in [3.63, 3.8) is 0 Å². The molecule has 0 unspecified atom stereocenters. The van der Waals surface area contributed by atoms with Gasteiger partial charge >= 0.3 is 0 Å². The Labute approximate surface area is 131 Å². The first-order valence-electron chi connectivity index (χ1n) is 7.56. The van der Waals surface area contributed by atoms with Crippen molar-refractivity contribution in [1.82, 2.24) is 0 Å². The second kappa shape index (κ2) is 4.64. The van der Waals surface area contributed by atoms with Crippen LogP contribution in [0.2, 0.25) is 0 Å². The fourth-order valence-corrected chi connectivity index (χ4v) is 3.08. The molecule has 0 saturated heterocycles. The van der Waals surface area contributed by atoms with Gasteiger partial charge in [-0.2, -0.15) is 0 Å². The van der Waals surface area contributed by atoms with Crippen molar-refractivity contribution in [2.45, 2.75) is 38.5 Å². The van der Waals surface area contributed by atoms with Gasteiger partial charge in [-0.15, -0.1) is 0 Å². The van der Waals surface area contributed by atoms with Gasteiger partial charge in [0.15, 0.2) is 11.6 Å². The molecular weight excluding hydrogens is 272 g/mol. The maximum absolute atomic E-state index is 12.9. The van der Waals surface area contributed by atoms with Crippen molar-refractivity contribution in [2.75, 3.05) is 0 Å². The standard InChI is InChI=1S/C20H20O2/c1-19(2,3)13-8-7-9-14(12-13)20(4)17(21)15-10-5-6-11-16(15)18(20)22/h5-12H,1-4H3. The molecule has 1 aliphatic rings. The number of hydrogen-bond acceptors (Lipinski definition) is 2. The zero-order valence-electron chi connectivity index (χ0n) is 13.4. The number of carbonyl (C=O) groups is 2. The molecule has 0 amide bonds. The van der Waals surface area contributed by atoms with Crippen molar-refractivity contribution in [3.8, 4) is 0 Å². The van der Waals surface area contributed by atoms with Crippen LogP contribution < -0.4 is 0 Å². The monoisotopic (exact) mass is 292 g/mol. The lowest BCUT2D eigenvalue weighted by molar-refractivity contribution is 0.0810. The highest BCUT2D eigenvalue weighted by Gasteiger charge is 2.50. The summed E-state index contributed by atoms with van der Waals surface area (Å²) in [5.74, 6) is -0.196. The van der Waals surface area contributed by atoms with E-state index in [1.54, 1.807) is 31.2 Å². The van der Waals surface area contributed by atoms with E-state index >= 15 is 0 Å². The maximum atomic E-state index is 12.9. The van der Waals surface area contributed by atoms with Crippen LogP contribution in [0.25, 0.3) is 0 Å². The summed E-state index contributed by atoms with van der Waals surface area (Å²) < 4.78 is 0. The number of Topliss-reactive ketones (excluding diaryl/α,β-unsaturated/α-hetero) is 2. The average Bonchev–Trinajstić information content (AvgIpc) is 2.70. The van der Waals surface area contributed by atoms with Gasteiger partial charge in [0.1, 0.15) is 5.41 Å². The normalized spacial score (nSPS) is 16.7. The molecule has 0 saturated carbocycles. The van der Waals surface area contributed by atoms with E-state index in [4.69, 9.17) is 0 Å². The lowest BCUT2D eigenvalue weighted by Crippen LogP contribution is -2.35. The molecule has 0 aliphatic heterocycles. The second-order valence-corrected chi connectivity index (χ2v) is 7.16. The van der Waals surface area contributed by atoms with Crippen LogP contribution in [0, 0.1) is 0 Å². The summed E-state index contributed by atoms with van der Waals surface area (Å²) in [5, 5.41) is 0. The SMILES string of the molecule is CC(C)(C)c1cccc(C2(C)C(=O)c3ccccc3C2=O)c1. The van der Waals surface area contributed by atoms with E-state index in [-0.39, 0.29) is 17.0 Å². The van der Waals surface area contributed by atoms with Crippen LogP contribution in [0.1, 0.15) is 59.5 Å². The first-order chi connectivity index (χ1) is 10.3.